The lowest BCUT2D eigenvalue weighted by Gasteiger charge is -2.42. The smallest absolute Gasteiger partial charge is 0.229 e. The number of carbonyl (C=O) groups excluding carboxylic acids is 1. The molecule has 0 aromatic heterocycles. The maximum absolute atomic E-state index is 14.9. The van der Waals surface area contributed by atoms with Gasteiger partial charge in [-0.2, -0.15) is 0 Å². The van der Waals surface area contributed by atoms with Crippen LogP contribution in [0.25, 0.3) is 11.1 Å². The highest BCUT2D eigenvalue weighted by atomic mass is 32.2. The van der Waals surface area contributed by atoms with Gasteiger partial charge in [-0.05, 0) is 29.8 Å². The molecule has 0 spiro atoms. The molecule has 1 aliphatic rings. The van der Waals surface area contributed by atoms with Gasteiger partial charge in [-0.3, -0.25) is 9.52 Å². The van der Waals surface area contributed by atoms with Gasteiger partial charge in [0.15, 0.2) is 0 Å². The van der Waals surface area contributed by atoms with E-state index in [1.54, 1.807) is 6.07 Å². The number of ether oxygens (including phenoxy) is 2. The Morgan fingerprint density at radius 1 is 1.18 bits per heavy atom. The number of hydrogen-bond acceptors (Lipinski definition) is 8. The van der Waals surface area contributed by atoms with E-state index in [4.69, 9.17) is 9.47 Å². The summed E-state index contributed by atoms with van der Waals surface area (Å²) in [6.45, 7) is 0.558. The molecule has 3 rings (SSSR count). The van der Waals surface area contributed by atoms with Crippen LogP contribution >= 0.6 is 0 Å². The number of aliphatic hydroxyl groups excluding tert-OH is 3. The first-order chi connectivity index (χ1) is 15.5. The standard InChI is InChI=1S/C21H25FN2O8S/c1-11(26)23-18-20(28)19(27)16(10-25)32-21(18)31-15-8-4-7-14(22)17(15)12-5-3-6-13(9-12)24-33(2,29)30/h3-9,16,18-21,24-25,27-28H,10H2,1-2H3,(H,23,26). The molecule has 2 aromatic carbocycles. The van der Waals surface area contributed by atoms with Gasteiger partial charge >= 0.3 is 0 Å². The van der Waals surface area contributed by atoms with Crippen LogP contribution in [0.1, 0.15) is 6.92 Å². The molecule has 1 saturated heterocycles. The molecule has 0 aliphatic carbocycles. The van der Waals surface area contributed by atoms with E-state index in [9.17, 15) is 32.9 Å². The first-order valence-electron chi connectivity index (χ1n) is 9.93. The molecule has 1 fully saturated rings. The highest BCUT2D eigenvalue weighted by Crippen LogP contribution is 2.36. The molecule has 12 heteroatoms. The molecule has 1 heterocycles. The van der Waals surface area contributed by atoms with Crippen LogP contribution in [0.15, 0.2) is 42.5 Å². The van der Waals surface area contributed by atoms with Crippen LogP contribution in [0.5, 0.6) is 5.75 Å². The molecular weight excluding hydrogens is 459 g/mol. The van der Waals surface area contributed by atoms with E-state index in [1.165, 1.54) is 43.3 Å². The number of aliphatic hydroxyl groups is 3. The van der Waals surface area contributed by atoms with Crippen LogP contribution in [0.2, 0.25) is 0 Å². The molecule has 180 valence electrons. The molecule has 0 saturated carbocycles. The Morgan fingerprint density at radius 3 is 2.52 bits per heavy atom. The number of carbonyl (C=O) groups is 1. The number of anilines is 1. The third kappa shape index (κ3) is 5.97. The van der Waals surface area contributed by atoms with Crippen molar-refractivity contribution in [1.29, 1.82) is 0 Å². The summed E-state index contributed by atoms with van der Waals surface area (Å²) in [6.07, 6.45) is -4.66. The zero-order chi connectivity index (χ0) is 24.3. The Morgan fingerprint density at radius 2 is 1.88 bits per heavy atom. The van der Waals surface area contributed by atoms with Gasteiger partial charge in [-0.1, -0.05) is 18.2 Å². The van der Waals surface area contributed by atoms with Gasteiger partial charge in [0, 0.05) is 12.6 Å². The van der Waals surface area contributed by atoms with Crippen molar-refractivity contribution in [3.8, 4) is 16.9 Å². The Bertz CT molecular complexity index is 1110. The van der Waals surface area contributed by atoms with E-state index in [2.05, 4.69) is 10.0 Å². The average Bonchev–Trinajstić information content (AvgIpc) is 2.72. The third-order valence-corrected chi connectivity index (χ3v) is 5.53. The van der Waals surface area contributed by atoms with Crippen molar-refractivity contribution < 1.29 is 42.4 Å². The monoisotopic (exact) mass is 484 g/mol. The molecule has 5 N–H and O–H groups in total. The molecule has 1 aliphatic heterocycles. The highest BCUT2D eigenvalue weighted by Gasteiger charge is 2.46. The van der Waals surface area contributed by atoms with Crippen molar-refractivity contribution in [2.24, 2.45) is 0 Å². The van der Waals surface area contributed by atoms with Crippen LogP contribution < -0.4 is 14.8 Å². The van der Waals surface area contributed by atoms with E-state index < -0.39 is 59.0 Å². The molecule has 0 bridgehead atoms. The van der Waals surface area contributed by atoms with Crippen molar-refractivity contribution in [3.63, 3.8) is 0 Å². The van der Waals surface area contributed by atoms with Crippen molar-refractivity contribution in [2.75, 3.05) is 17.6 Å². The van der Waals surface area contributed by atoms with Crippen molar-refractivity contribution in [1.82, 2.24) is 5.32 Å². The Balaban J connectivity index is 2.00. The quantitative estimate of drug-likeness (QED) is 0.373. The summed E-state index contributed by atoms with van der Waals surface area (Å²) in [6, 6.07) is 8.72. The first-order valence-corrected chi connectivity index (χ1v) is 11.8. The van der Waals surface area contributed by atoms with Crippen molar-refractivity contribution in [3.05, 3.63) is 48.3 Å². The second kappa shape index (κ2) is 10.0. The highest BCUT2D eigenvalue weighted by molar-refractivity contribution is 7.92. The normalized spacial score (nSPS) is 25.3. The maximum atomic E-state index is 14.9. The molecule has 5 unspecified atom stereocenters. The van der Waals surface area contributed by atoms with E-state index in [0.29, 0.717) is 0 Å². The van der Waals surface area contributed by atoms with E-state index in [0.717, 1.165) is 6.26 Å². The fraction of sp³-hybridized carbons (Fsp3) is 0.381. The van der Waals surface area contributed by atoms with Crippen LogP contribution in [0.4, 0.5) is 10.1 Å². The SMILES string of the molecule is CC(=O)NC1C(Oc2cccc(F)c2-c2cccc(NS(C)(=O)=O)c2)OC(CO)C(O)C1O. The number of hydrogen-bond donors (Lipinski definition) is 5. The summed E-state index contributed by atoms with van der Waals surface area (Å²) in [4.78, 5) is 11.6. The van der Waals surface area contributed by atoms with E-state index in [-0.39, 0.29) is 22.6 Å². The zero-order valence-electron chi connectivity index (χ0n) is 17.8. The van der Waals surface area contributed by atoms with Gasteiger partial charge < -0.3 is 30.1 Å². The lowest BCUT2D eigenvalue weighted by Crippen LogP contribution is -2.65. The Hall–Kier alpha value is -2.77. The Kier molecular flexibility index (Phi) is 7.55. The summed E-state index contributed by atoms with van der Waals surface area (Å²) in [5, 5.41) is 32.5. The molecule has 5 atom stereocenters. The molecule has 2 aromatic rings. The number of amides is 1. The summed E-state index contributed by atoms with van der Waals surface area (Å²) in [5.74, 6) is -1.26. The molecule has 1 amide bonds. The van der Waals surface area contributed by atoms with E-state index >= 15 is 0 Å². The largest absolute Gasteiger partial charge is 0.462 e. The van der Waals surface area contributed by atoms with Gasteiger partial charge in [-0.25, -0.2) is 12.8 Å². The summed E-state index contributed by atoms with van der Waals surface area (Å²) >= 11 is 0. The van der Waals surface area contributed by atoms with Crippen LogP contribution in [-0.4, -0.2) is 73.2 Å². The summed E-state index contributed by atoms with van der Waals surface area (Å²) in [5.41, 5.74) is 0.456. The number of halogens is 1. The Labute approximate surface area is 190 Å². The minimum Gasteiger partial charge on any atom is -0.462 e. The van der Waals surface area contributed by atoms with Crippen molar-refractivity contribution in [2.45, 2.75) is 37.6 Å². The van der Waals surface area contributed by atoms with Crippen LogP contribution in [0.3, 0.4) is 0 Å². The summed E-state index contributed by atoms with van der Waals surface area (Å²) < 4.78 is 51.7. The fourth-order valence-electron chi connectivity index (χ4n) is 3.53. The second-order valence-electron chi connectivity index (χ2n) is 7.62. The van der Waals surface area contributed by atoms with Crippen LogP contribution in [-0.2, 0) is 19.6 Å². The number of rotatable bonds is 7. The van der Waals surface area contributed by atoms with Crippen molar-refractivity contribution >= 4 is 21.6 Å². The van der Waals surface area contributed by atoms with Gasteiger partial charge in [0.05, 0.1) is 18.4 Å². The molecule has 0 radical (unpaired) electrons. The number of benzene rings is 2. The predicted octanol–water partition coefficient (Wildman–Crippen LogP) is 0.187. The minimum atomic E-state index is -3.57. The maximum Gasteiger partial charge on any atom is 0.229 e. The lowest BCUT2D eigenvalue weighted by atomic mass is 9.96. The molecule has 10 nitrogen and oxygen atoms in total. The van der Waals surface area contributed by atoms with Gasteiger partial charge in [-0.15, -0.1) is 0 Å². The topological polar surface area (TPSA) is 154 Å². The molecule has 33 heavy (non-hydrogen) atoms. The summed E-state index contributed by atoms with van der Waals surface area (Å²) in [7, 11) is -3.57. The zero-order valence-corrected chi connectivity index (χ0v) is 18.6. The van der Waals surface area contributed by atoms with Gasteiger partial charge in [0.1, 0.15) is 35.9 Å². The lowest BCUT2D eigenvalue weighted by molar-refractivity contribution is -0.244. The second-order valence-corrected chi connectivity index (χ2v) is 9.37. The van der Waals surface area contributed by atoms with Crippen LogP contribution in [0, 0.1) is 5.82 Å². The average molecular weight is 485 g/mol. The third-order valence-electron chi connectivity index (χ3n) is 4.92. The first kappa shape index (κ1) is 24.9. The van der Waals surface area contributed by atoms with E-state index in [1.807, 2.05) is 0 Å². The number of sulfonamides is 1. The molecular formula is C21H25FN2O8S. The predicted molar refractivity (Wildman–Crippen MR) is 116 cm³/mol. The van der Waals surface area contributed by atoms with Gasteiger partial charge in [0.2, 0.25) is 22.2 Å². The van der Waals surface area contributed by atoms with Gasteiger partial charge in [0.25, 0.3) is 0 Å². The minimum absolute atomic E-state index is 0.0269. The fourth-order valence-corrected chi connectivity index (χ4v) is 4.09. The number of nitrogens with one attached hydrogen (secondary N) is 2.